The Morgan fingerprint density at radius 2 is 1.69 bits per heavy atom. The van der Waals surface area contributed by atoms with Crippen LogP contribution in [0.5, 0.6) is 0 Å². The maximum Gasteiger partial charge on any atom is 0.264 e. The molecule has 0 saturated heterocycles. The molecule has 0 amide bonds. The van der Waals surface area contributed by atoms with Crippen LogP contribution in [-0.2, 0) is 6.54 Å². The van der Waals surface area contributed by atoms with Gasteiger partial charge in [-0.25, -0.2) is 9.67 Å². The van der Waals surface area contributed by atoms with Gasteiger partial charge < -0.3 is 0 Å². The molecule has 2 aromatic heterocycles. The van der Waals surface area contributed by atoms with Gasteiger partial charge in [0.15, 0.2) is 5.65 Å². The van der Waals surface area contributed by atoms with Gasteiger partial charge in [-0.2, -0.15) is 5.10 Å². The van der Waals surface area contributed by atoms with Crippen molar-refractivity contribution in [2.45, 2.75) is 13.0 Å². The Balaban J connectivity index is 1.72. The lowest BCUT2D eigenvalue weighted by atomic mass is 10.1. The molecule has 0 bridgehead atoms. The Morgan fingerprint density at radius 3 is 2.46 bits per heavy atom. The first-order valence-electron chi connectivity index (χ1n) is 8.61. The fourth-order valence-electron chi connectivity index (χ4n) is 3.44. The van der Waals surface area contributed by atoms with Crippen LogP contribution in [0, 0.1) is 0 Å². The molecule has 1 aliphatic heterocycles. The Morgan fingerprint density at radius 1 is 0.962 bits per heavy atom. The predicted molar refractivity (Wildman–Crippen MR) is 102 cm³/mol. The summed E-state index contributed by atoms with van der Waals surface area (Å²) in [5.74, 6) is 0.740. The number of para-hydroxylation sites is 1. The summed E-state index contributed by atoms with van der Waals surface area (Å²) in [7, 11) is 0. The van der Waals surface area contributed by atoms with Crippen molar-refractivity contribution < 1.29 is 0 Å². The van der Waals surface area contributed by atoms with Gasteiger partial charge in [-0.3, -0.25) is 9.36 Å². The zero-order valence-corrected chi connectivity index (χ0v) is 14.0. The molecular weight excluding hydrogens is 324 g/mol. The molecule has 4 aromatic rings. The monoisotopic (exact) mass is 340 g/mol. The lowest BCUT2D eigenvalue weighted by molar-refractivity contribution is 0.723. The molecule has 2 aromatic carbocycles. The Kier molecular flexibility index (Phi) is 3.31. The zero-order chi connectivity index (χ0) is 17.5. The second-order valence-electron chi connectivity index (χ2n) is 6.35. The summed E-state index contributed by atoms with van der Waals surface area (Å²) in [6, 6.07) is 19.9. The Labute approximate surface area is 149 Å². The van der Waals surface area contributed by atoms with Gasteiger partial charge >= 0.3 is 0 Å². The second kappa shape index (κ2) is 5.81. The van der Waals surface area contributed by atoms with Crippen LogP contribution in [0.1, 0.15) is 17.8 Å². The molecule has 0 unspecified atom stereocenters. The summed E-state index contributed by atoms with van der Waals surface area (Å²) in [6.45, 7) is 0.659. The van der Waals surface area contributed by atoms with Crippen LogP contribution in [0.25, 0.3) is 28.4 Å². The third-order valence-corrected chi connectivity index (χ3v) is 4.72. The van der Waals surface area contributed by atoms with E-state index in [2.05, 4.69) is 23.3 Å². The third kappa shape index (κ3) is 2.29. The van der Waals surface area contributed by atoms with Crippen LogP contribution in [0.15, 0.2) is 71.7 Å². The van der Waals surface area contributed by atoms with Crippen molar-refractivity contribution in [1.82, 2.24) is 19.3 Å². The lowest BCUT2D eigenvalue weighted by Crippen LogP contribution is -2.20. The van der Waals surface area contributed by atoms with Crippen LogP contribution in [0.2, 0.25) is 0 Å². The molecule has 1 aliphatic rings. The lowest BCUT2D eigenvalue weighted by Gasteiger charge is -2.06. The summed E-state index contributed by atoms with van der Waals surface area (Å²) in [4.78, 5) is 17.7. The van der Waals surface area contributed by atoms with Crippen molar-refractivity contribution in [3.05, 3.63) is 88.6 Å². The van der Waals surface area contributed by atoms with Crippen LogP contribution in [0.3, 0.4) is 0 Å². The van der Waals surface area contributed by atoms with Crippen LogP contribution in [-0.4, -0.2) is 19.3 Å². The van der Waals surface area contributed by atoms with E-state index in [4.69, 9.17) is 4.98 Å². The van der Waals surface area contributed by atoms with Gasteiger partial charge in [0.25, 0.3) is 5.56 Å². The van der Waals surface area contributed by atoms with E-state index in [0.717, 1.165) is 29.1 Å². The van der Waals surface area contributed by atoms with Gasteiger partial charge in [0.1, 0.15) is 11.2 Å². The molecule has 5 rings (SSSR count). The molecule has 0 atom stereocenters. The minimum atomic E-state index is -0.0244. The predicted octanol–water partition coefficient (Wildman–Crippen LogP) is 3.53. The molecule has 3 heterocycles. The number of rotatable bonds is 2. The quantitative estimate of drug-likeness (QED) is 0.561. The molecule has 0 fully saturated rings. The topological polar surface area (TPSA) is 52.7 Å². The van der Waals surface area contributed by atoms with E-state index in [-0.39, 0.29) is 5.56 Å². The fraction of sp³-hybridized carbons (Fsp3) is 0.0952. The highest BCUT2D eigenvalue weighted by Crippen LogP contribution is 2.27. The second-order valence-corrected chi connectivity index (χ2v) is 6.35. The maximum atomic E-state index is 12.9. The van der Waals surface area contributed by atoms with Gasteiger partial charge in [0.05, 0.1) is 11.9 Å². The van der Waals surface area contributed by atoms with E-state index in [1.54, 1.807) is 15.4 Å². The molecule has 5 heteroatoms. The largest absolute Gasteiger partial charge is 0.292 e. The number of benzene rings is 2. The maximum absolute atomic E-state index is 12.9. The van der Waals surface area contributed by atoms with Crippen molar-refractivity contribution >= 4 is 22.7 Å². The average Bonchev–Trinajstić information content (AvgIpc) is 3.29. The first-order chi connectivity index (χ1) is 12.8. The smallest absolute Gasteiger partial charge is 0.264 e. The summed E-state index contributed by atoms with van der Waals surface area (Å²) in [5, 5.41) is 4.95. The molecule has 0 aliphatic carbocycles. The average molecular weight is 340 g/mol. The highest BCUT2D eigenvalue weighted by molar-refractivity contribution is 5.83. The Hall–Kier alpha value is -3.47. The van der Waals surface area contributed by atoms with Gasteiger partial charge in [-0.1, -0.05) is 48.5 Å². The highest BCUT2D eigenvalue weighted by Gasteiger charge is 2.23. The first-order valence-corrected chi connectivity index (χ1v) is 8.61. The van der Waals surface area contributed by atoms with Gasteiger partial charge in [-0.05, 0) is 35.8 Å². The number of fused-ring (bicyclic) bond motifs is 2. The van der Waals surface area contributed by atoms with E-state index in [1.165, 1.54) is 0 Å². The van der Waals surface area contributed by atoms with Crippen molar-refractivity contribution in [1.29, 1.82) is 0 Å². The highest BCUT2D eigenvalue weighted by atomic mass is 16.1. The van der Waals surface area contributed by atoms with Crippen molar-refractivity contribution in [3.8, 4) is 5.69 Å². The van der Waals surface area contributed by atoms with Gasteiger partial charge in [0.2, 0.25) is 0 Å². The number of hydrogen-bond acceptors (Lipinski definition) is 3. The fourth-order valence-corrected chi connectivity index (χ4v) is 3.44. The van der Waals surface area contributed by atoms with E-state index in [0.29, 0.717) is 17.6 Å². The first kappa shape index (κ1) is 14.8. The normalized spacial score (nSPS) is 14.8. The SMILES string of the molecule is O=c1c2cnn(-c3ccccc3)c2nc2n1CC/C2=C\c1ccccc1. The molecule has 5 nitrogen and oxygen atoms in total. The van der Waals surface area contributed by atoms with Crippen LogP contribution < -0.4 is 5.56 Å². The minimum Gasteiger partial charge on any atom is -0.292 e. The Bertz CT molecular complexity index is 1190. The van der Waals surface area contributed by atoms with E-state index in [1.807, 2.05) is 48.5 Å². The molecule has 0 N–H and O–H groups in total. The summed E-state index contributed by atoms with van der Waals surface area (Å²) in [5.41, 5.74) is 3.67. The van der Waals surface area contributed by atoms with Crippen molar-refractivity contribution in [2.24, 2.45) is 0 Å². The molecule has 0 saturated carbocycles. The van der Waals surface area contributed by atoms with Crippen LogP contribution in [0.4, 0.5) is 0 Å². The molecular formula is C21H16N4O. The molecule has 126 valence electrons. The number of allylic oxidation sites excluding steroid dienone is 1. The summed E-state index contributed by atoms with van der Waals surface area (Å²) < 4.78 is 3.49. The molecule has 0 spiro atoms. The summed E-state index contributed by atoms with van der Waals surface area (Å²) >= 11 is 0. The van der Waals surface area contributed by atoms with Crippen molar-refractivity contribution in [3.63, 3.8) is 0 Å². The molecule has 26 heavy (non-hydrogen) atoms. The number of hydrogen-bond donors (Lipinski definition) is 0. The number of aromatic nitrogens is 4. The van der Waals surface area contributed by atoms with Crippen LogP contribution >= 0.6 is 0 Å². The van der Waals surface area contributed by atoms with E-state index < -0.39 is 0 Å². The van der Waals surface area contributed by atoms with E-state index >= 15 is 0 Å². The third-order valence-electron chi connectivity index (χ3n) is 4.72. The zero-order valence-electron chi connectivity index (χ0n) is 14.0. The summed E-state index contributed by atoms with van der Waals surface area (Å²) in [6.07, 6.45) is 4.53. The van der Waals surface area contributed by atoms with Gasteiger partial charge in [0, 0.05) is 6.54 Å². The molecule has 0 radical (unpaired) electrons. The number of nitrogens with zero attached hydrogens (tertiary/aromatic N) is 4. The standard InChI is InChI=1S/C21H16N4O/c26-21-18-14-22-25(17-9-5-2-6-10-17)20(18)23-19-16(11-12-24(19)21)13-15-7-3-1-4-8-15/h1-10,13-14H,11-12H2/b16-13+. The van der Waals surface area contributed by atoms with E-state index in [9.17, 15) is 4.79 Å². The minimum absolute atomic E-state index is 0.0244. The van der Waals surface area contributed by atoms with Gasteiger partial charge in [-0.15, -0.1) is 0 Å². The van der Waals surface area contributed by atoms with Crippen molar-refractivity contribution in [2.75, 3.05) is 0 Å².